The Balaban J connectivity index is 1.75. The Hall–Kier alpha value is -3.16. The number of nitrogens with zero attached hydrogens (tertiary/aromatic N) is 2. The number of carbonyl (C=O) groups excluding carboxylic acids is 1. The molecule has 2 heterocycles. The molecule has 1 saturated heterocycles. The predicted molar refractivity (Wildman–Crippen MR) is 124 cm³/mol. The Morgan fingerprint density at radius 3 is 2.43 bits per heavy atom. The molecule has 4 rings (SSSR count). The minimum absolute atomic E-state index is 0.160. The van der Waals surface area contributed by atoms with Crippen LogP contribution in [0.4, 0.5) is 5.69 Å². The minimum atomic E-state index is -0.983. The number of aryl methyl sites for hydroxylation is 1. The van der Waals surface area contributed by atoms with E-state index in [0.717, 1.165) is 22.6 Å². The smallest absolute Gasteiger partial charge is 0.337 e. The third kappa shape index (κ3) is 3.46. The highest BCUT2D eigenvalue weighted by molar-refractivity contribution is 8.27. The molecule has 0 atom stereocenters. The number of benzene rings is 2. The molecule has 150 valence electrons. The van der Waals surface area contributed by atoms with Gasteiger partial charge in [-0.05, 0) is 55.8 Å². The summed E-state index contributed by atoms with van der Waals surface area (Å²) in [6.45, 7) is 3.83. The first kappa shape index (κ1) is 20.1. The van der Waals surface area contributed by atoms with Crippen LogP contribution in [-0.4, -0.2) is 25.9 Å². The lowest BCUT2D eigenvalue weighted by Crippen LogP contribution is -2.27. The van der Waals surface area contributed by atoms with E-state index in [2.05, 4.69) is 0 Å². The van der Waals surface area contributed by atoms with E-state index in [9.17, 15) is 14.7 Å². The summed E-state index contributed by atoms with van der Waals surface area (Å²) in [7, 11) is 0. The van der Waals surface area contributed by atoms with Crippen LogP contribution in [0.1, 0.15) is 27.3 Å². The summed E-state index contributed by atoms with van der Waals surface area (Å²) in [6, 6.07) is 18.1. The van der Waals surface area contributed by atoms with Gasteiger partial charge in [-0.15, -0.1) is 0 Å². The van der Waals surface area contributed by atoms with Gasteiger partial charge in [0.05, 0.1) is 21.8 Å². The molecule has 1 fully saturated rings. The molecule has 0 unspecified atom stereocenters. The number of carboxylic acid groups (broad SMARTS) is 1. The van der Waals surface area contributed by atoms with E-state index in [-0.39, 0.29) is 11.5 Å². The highest BCUT2D eigenvalue weighted by atomic mass is 32.2. The molecule has 0 spiro atoms. The predicted octanol–water partition coefficient (Wildman–Crippen LogP) is 5.20. The van der Waals surface area contributed by atoms with Gasteiger partial charge in [0, 0.05) is 11.4 Å². The summed E-state index contributed by atoms with van der Waals surface area (Å²) in [5.41, 5.74) is 4.14. The quantitative estimate of drug-likeness (QED) is 0.452. The summed E-state index contributed by atoms with van der Waals surface area (Å²) in [5, 5.41) is 9.55. The van der Waals surface area contributed by atoms with Gasteiger partial charge in [-0.2, -0.15) is 0 Å². The molecule has 0 bridgehead atoms. The van der Waals surface area contributed by atoms with Crippen LogP contribution in [0.15, 0.2) is 65.6 Å². The number of para-hydroxylation sites is 2. The number of hydrogen-bond acceptors (Lipinski definition) is 4. The standard InChI is InChI=1S/C23H18N2O3S2/c1-14-12-16(15(2)24(14)19-11-7-6-10-18(19)22(27)28)13-20-21(26)25(23(29)30-20)17-8-4-3-5-9-17/h3-13H,1-2H3,(H,27,28)/b20-13+. The normalized spacial score (nSPS) is 15.3. The number of thiocarbonyl (C=S) groups is 1. The highest BCUT2D eigenvalue weighted by Crippen LogP contribution is 2.37. The third-order valence-electron chi connectivity index (χ3n) is 4.94. The second-order valence-electron chi connectivity index (χ2n) is 6.84. The average molecular weight is 435 g/mol. The van der Waals surface area contributed by atoms with E-state index >= 15 is 0 Å². The highest BCUT2D eigenvalue weighted by Gasteiger charge is 2.33. The van der Waals surface area contributed by atoms with E-state index in [4.69, 9.17) is 12.2 Å². The number of amides is 1. The molecule has 1 amide bonds. The van der Waals surface area contributed by atoms with Crippen LogP contribution < -0.4 is 4.90 Å². The van der Waals surface area contributed by atoms with Crippen molar-refractivity contribution in [2.45, 2.75) is 13.8 Å². The zero-order chi connectivity index (χ0) is 21.4. The van der Waals surface area contributed by atoms with E-state index in [0.29, 0.717) is 14.9 Å². The Bertz CT molecular complexity index is 1210. The number of anilines is 1. The van der Waals surface area contributed by atoms with Gasteiger partial charge in [0.15, 0.2) is 4.32 Å². The molecule has 1 aliphatic heterocycles. The molecule has 1 N–H and O–H groups in total. The molecule has 1 aromatic heterocycles. The molecular formula is C23H18N2O3S2. The van der Waals surface area contributed by atoms with Crippen LogP contribution in [-0.2, 0) is 4.79 Å². The second-order valence-corrected chi connectivity index (χ2v) is 8.51. The number of rotatable bonds is 4. The van der Waals surface area contributed by atoms with Crippen LogP contribution in [0, 0.1) is 13.8 Å². The average Bonchev–Trinajstić information content (AvgIpc) is 3.17. The lowest BCUT2D eigenvalue weighted by atomic mass is 10.1. The number of aromatic carboxylic acids is 1. The molecule has 0 radical (unpaired) electrons. The molecule has 0 saturated carbocycles. The maximum Gasteiger partial charge on any atom is 0.337 e. The van der Waals surface area contributed by atoms with Crippen molar-refractivity contribution in [1.82, 2.24) is 4.57 Å². The fourth-order valence-corrected chi connectivity index (χ4v) is 4.85. The lowest BCUT2D eigenvalue weighted by Gasteiger charge is -2.13. The van der Waals surface area contributed by atoms with E-state index in [1.165, 1.54) is 16.7 Å². The van der Waals surface area contributed by atoms with Crippen molar-refractivity contribution in [3.05, 3.63) is 88.1 Å². The summed E-state index contributed by atoms with van der Waals surface area (Å²) in [6.07, 6.45) is 1.82. The van der Waals surface area contributed by atoms with Crippen LogP contribution in [0.25, 0.3) is 11.8 Å². The van der Waals surface area contributed by atoms with Gasteiger partial charge >= 0.3 is 5.97 Å². The van der Waals surface area contributed by atoms with Crippen LogP contribution in [0.2, 0.25) is 0 Å². The van der Waals surface area contributed by atoms with Gasteiger partial charge in [-0.25, -0.2) is 4.79 Å². The maximum atomic E-state index is 13.0. The van der Waals surface area contributed by atoms with Crippen molar-refractivity contribution in [1.29, 1.82) is 0 Å². The molecule has 0 aliphatic carbocycles. The second kappa shape index (κ2) is 7.93. The van der Waals surface area contributed by atoms with Crippen molar-refractivity contribution < 1.29 is 14.7 Å². The first-order chi connectivity index (χ1) is 14.4. The maximum absolute atomic E-state index is 13.0. The summed E-state index contributed by atoms with van der Waals surface area (Å²) < 4.78 is 2.38. The zero-order valence-corrected chi connectivity index (χ0v) is 18.0. The van der Waals surface area contributed by atoms with Gasteiger partial charge in [0.2, 0.25) is 0 Å². The zero-order valence-electron chi connectivity index (χ0n) is 16.3. The fourth-order valence-electron chi connectivity index (χ4n) is 3.56. The first-order valence-corrected chi connectivity index (χ1v) is 10.5. The molecule has 1 aliphatic rings. The van der Waals surface area contributed by atoms with Gasteiger partial charge < -0.3 is 9.67 Å². The monoisotopic (exact) mass is 434 g/mol. The van der Waals surface area contributed by atoms with Gasteiger partial charge in [-0.3, -0.25) is 9.69 Å². The van der Waals surface area contributed by atoms with Gasteiger partial charge in [0.25, 0.3) is 5.91 Å². The van der Waals surface area contributed by atoms with Crippen LogP contribution >= 0.6 is 24.0 Å². The van der Waals surface area contributed by atoms with Crippen molar-refractivity contribution in [3.8, 4) is 5.69 Å². The van der Waals surface area contributed by atoms with Crippen LogP contribution in [0.5, 0.6) is 0 Å². The third-order valence-corrected chi connectivity index (χ3v) is 6.24. The molecule has 7 heteroatoms. The van der Waals surface area contributed by atoms with Crippen molar-refractivity contribution >= 4 is 51.9 Å². The van der Waals surface area contributed by atoms with Gasteiger partial charge in [0.1, 0.15) is 0 Å². The summed E-state index contributed by atoms with van der Waals surface area (Å²) in [4.78, 5) is 26.7. The van der Waals surface area contributed by atoms with Crippen molar-refractivity contribution in [2.75, 3.05) is 4.90 Å². The molecule has 5 nitrogen and oxygen atoms in total. The number of thioether (sulfide) groups is 1. The number of carbonyl (C=O) groups is 2. The van der Waals surface area contributed by atoms with E-state index in [1.54, 1.807) is 18.2 Å². The number of hydrogen-bond donors (Lipinski definition) is 1. The van der Waals surface area contributed by atoms with Crippen LogP contribution in [0.3, 0.4) is 0 Å². The van der Waals surface area contributed by atoms with Crippen molar-refractivity contribution in [3.63, 3.8) is 0 Å². The fraction of sp³-hybridized carbons (Fsp3) is 0.0870. The number of carboxylic acids is 1. The summed E-state index contributed by atoms with van der Waals surface area (Å²) >= 11 is 6.70. The molecule has 3 aromatic rings. The Kier molecular flexibility index (Phi) is 5.32. The minimum Gasteiger partial charge on any atom is -0.478 e. The van der Waals surface area contributed by atoms with E-state index in [1.807, 2.05) is 67.0 Å². The Morgan fingerprint density at radius 2 is 1.73 bits per heavy atom. The molecule has 30 heavy (non-hydrogen) atoms. The van der Waals surface area contributed by atoms with E-state index < -0.39 is 5.97 Å². The van der Waals surface area contributed by atoms with Crippen molar-refractivity contribution in [2.24, 2.45) is 0 Å². The number of aromatic nitrogens is 1. The SMILES string of the molecule is Cc1cc(/C=C2/SC(=S)N(c3ccccc3)C2=O)c(C)n1-c1ccccc1C(=O)O. The van der Waals surface area contributed by atoms with Gasteiger partial charge in [-0.1, -0.05) is 54.3 Å². The molecule has 2 aromatic carbocycles. The lowest BCUT2D eigenvalue weighted by molar-refractivity contribution is -0.113. The Morgan fingerprint density at radius 1 is 1.07 bits per heavy atom. The topological polar surface area (TPSA) is 62.5 Å². The molecular weight excluding hydrogens is 416 g/mol. The Labute approximate surface area is 183 Å². The largest absolute Gasteiger partial charge is 0.478 e. The first-order valence-electron chi connectivity index (χ1n) is 9.23. The summed E-state index contributed by atoms with van der Waals surface area (Å²) in [5.74, 6) is -1.14.